The van der Waals surface area contributed by atoms with Crippen LogP contribution in [0.5, 0.6) is 11.5 Å². The molecule has 0 aromatic heterocycles. The number of hydrogen-bond acceptors (Lipinski definition) is 6. The normalized spacial score (nSPS) is 11.4. The second-order valence-corrected chi connectivity index (χ2v) is 12.6. The third-order valence-electron chi connectivity index (χ3n) is 5.99. The van der Waals surface area contributed by atoms with Gasteiger partial charge >= 0.3 is 0 Å². The molecule has 0 atom stereocenters. The van der Waals surface area contributed by atoms with Crippen molar-refractivity contribution in [3.05, 3.63) is 122 Å². The van der Waals surface area contributed by atoms with E-state index in [0.717, 1.165) is 17.4 Å². The summed E-state index contributed by atoms with van der Waals surface area (Å²) in [6.45, 7) is 0.374. The van der Waals surface area contributed by atoms with Crippen molar-refractivity contribution < 1.29 is 22.7 Å². The van der Waals surface area contributed by atoms with Crippen LogP contribution in [0.25, 0.3) is 0 Å². The smallest absolute Gasteiger partial charge is 0.271 e. The Balaban J connectivity index is 1.39. The lowest BCUT2D eigenvalue weighted by atomic mass is 10.1. The van der Waals surface area contributed by atoms with Crippen molar-refractivity contribution >= 4 is 67.0 Å². The van der Waals surface area contributed by atoms with Gasteiger partial charge < -0.3 is 9.47 Å². The average Bonchev–Trinajstić information content (AvgIpc) is 2.97. The summed E-state index contributed by atoms with van der Waals surface area (Å²) in [5, 5.41) is 4.97. The Morgan fingerprint density at radius 3 is 2.31 bits per heavy atom. The molecule has 0 radical (unpaired) electrons. The largest absolute Gasteiger partial charge is 0.493 e. The summed E-state index contributed by atoms with van der Waals surface area (Å²) in [6.07, 6.45) is 2.64. The van der Waals surface area contributed by atoms with Gasteiger partial charge in [0, 0.05) is 5.56 Å². The molecule has 42 heavy (non-hydrogen) atoms. The van der Waals surface area contributed by atoms with Crippen molar-refractivity contribution in [1.29, 1.82) is 0 Å². The zero-order chi connectivity index (χ0) is 30.3. The Morgan fingerprint density at radius 1 is 0.976 bits per heavy atom. The minimum atomic E-state index is -3.51. The van der Waals surface area contributed by atoms with E-state index >= 15 is 0 Å². The number of amides is 1. The number of carbonyl (C=O) groups is 1. The summed E-state index contributed by atoms with van der Waals surface area (Å²) in [5.41, 5.74) is 5.64. The molecule has 0 spiro atoms. The van der Waals surface area contributed by atoms with Crippen molar-refractivity contribution in [2.45, 2.75) is 13.2 Å². The lowest BCUT2D eigenvalue weighted by Crippen LogP contribution is -2.29. The summed E-state index contributed by atoms with van der Waals surface area (Å²) < 4.78 is 38.1. The molecule has 0 unspecified atom stereocenters. The van der Waals surface area contributed by atoms with Gasteiger partial charge in [0.2, 0.25) is 10.0 Å². The number of nitrogens with zero attached hydrogens (tertiary/aromatic N) is 2. The number of sulfonamides is 1. The number of hydrogen-bond donors (Lipinski definition) is 1. The first-order chi connectivity index (χ1) is 20.0. The van der Waals surface area contributed by atoms with Crippen molar-refractivity contribution in [3.63, 3.8) is 0 Å². The van der Waals surface area contributed by atoms with Crippen LogP contribution in [-0.4, -0.2) is 33.9 Å². The summed E-state index contributed by atoms with van der Waals surface area (Å²) in [7, 11) is -1.98. The van der Waals surface area contributed by atoms with Crippen LogP contribution in [0.1, 0.15) is 27.0 Å². The lowest BCUT2D eigenvalue weighted by Gasteiger charge is -2.22. The maximum atomic E-state index is 12.7. The van der Waals surface area contributed by atoms with Gasteiger partial charge in [0.25, 0.3) is 5.91 Å². The third kappa shape index (κ3) is 8.25. The summed E-state index contributed by atoms with van der Waals surface area (Å²) >= 11 is 15.6. The molecule has 0 aliphatic rings. The molecule has 12 heteroatoms. The van der Waals surface area contributed by atoms with Gasteiger partial charge in [-0.1, -0.05) is 59.6 Å². The highest BCUT2D eigenvalue weighted by atomic mass is 79.9. The fraction of sp³-hybridized carbons (Fsp3) is 0.133. The van der Waals surface area contributed by atoms with E-state index < -0.39 is 15.9 Å². The maximum Gasteiger partial charge on any atom is 0.271 e. The zero-order valence-corrected chi connectivity index (χ0v) is 26.5. The number of para-hydroxylation sites is 1. The number of ether oxygens (including phenoxy) is 2. The van der Waals surface area contributed by atoms with Crippen LogP contribution < -0.4 is 19.2 Å². The van der Waals surface area contributed by atoms with Crippen molar-refractivity contribution in [3.8, 4) is 11.5 Å². The topological polar surface area (TPSA) is 97.3 Å². The van der Waals surface area contributed by atoms with Crippen LogP contribution in [0.3, 0.4) is 0 Å². The molecule has 0 heterocycles. The molecule has 0 bridgehead atoms. The number of anilines is 1. The number of rotatable bonds is 11. The van der Waals surface area contributed by atoms with Crippen LogP contribution in [0.2, 0.25) is 10.0 Å². The van der Waals surface area contributed by atoms with Crippen LogP contribution in [-0.2, 0) is 23.2 Å². The number of halogens is 3. The quantitative estimate of drug-likeness (QED) is 0.134. The third-order valence-corrected chi connectivity index (χ3v) is 8.45. The molecule has 0 fully saturated rings. The molecule has 0 aliphatic carbocycles. The summed E-state index contributed by atoms with van der Waals surface area (Å²) in [5.74, 6) is 0.534. The van der Waals surface area contributed by atoms with E-state index in [9.17, 15) is 13.2 Å². The van der Waals surface area contributed by atoms with Crippen LogP contribution in [0, 0.1) is 0 Å². The van der Waals surface area contributed by atoms with Crippen LogP contribution >= 0.6 is 39.1 Å². The van der Waals surface area contributed by atoms with E-state index in [2.05, 4.69) is 26.5 Å². The molecular formula is C30H26BrCl2N3O5S. The number of carbonyl (C=O) groups excluding carboxylic acids is 1. The molecule has 1 N–H and O–H groups in total. The molecule has 0 saturated heterocycles. The highest BCUT2D eigenvalue weighted by molar-refractivity contribution is 9.10. The van der Waals surface area contributed by atoms with Crippen molar-refractivity contribution in [2.75, 3.05) is 17.7 Å². The van der Waals surface area contributed by atoms with E-state index in [1.165, 1.54) is 17.6 Å². The van der Waals surface area contributed by atoms with Crippen molar-refractivity contribution in [2.24, 2.45) is 5.10 Å². The Morgan fingerprint density at radius 2 is 1.67 bits per heavy atom. The Bertz CT molecular complexity index is 1700. The van der Waals surface area contributed by atoms with Crippen LogP contribution in [0.4, 0.5) is 5.69 Å². The first-order valence-corrected chi connectivity index (χ1v) is 15.8. The number of methoxy groups -OCH3 is 1. The van der Waals surface area contributed by atoms with Gasteiger partial charge in [0.1, 0.15) is 6.61 Å². The molecule has 218 valence electrons. The van der Waals surface area contributed by atoms with Gasteiger partial charge in [0.15, 0.2) is 11.5 Å². The monoisotopic (exact) mass is 689 g/mol. The first kappa shape index (κ1) is 31.4. The molecule has 8 nitrogen and oxygen atoms in total. The fourth-order valence-electron chi connectivity index (χ4n) is 3.89. The van der Waals surface area contributed by atoms with Crippen molar-refractivity contribution in [1.82, 2.24) is 5.43 Å². The number of nitrogens with one attached hydrogen (secondary N) is 1. The van der Waals surface area contributed by atoms with Gasteiger partial charge in [-0.05, 0) is 81.2 Å². The summed E-state index contributed by atoms with van der Waals surface area (Å²) in [4.78, 5) is 12.7. The molecule has 4 aromatic carbocycles. The summed E-state index contributed by atoms with van der Waals surface area (Å²) in [6, 6.07) is 24.2. The predicted octanol–water partition coefficient (Wildman–Crippen LogP) is 7.07. The molecule has 0 saturated carbocycles. The maximum absolute atomic E-state index is 12.7. The second kappa shape index (κ2) is 14.1. The van der Waals surface area contributed by atoms with Gasteiger partial charge in [-0.15, -0.1) is 0 Å². The van der Waals surface area contributed by atoms with E-state index in [1.807, 2.05) is 12.1 Å². The van der Waals surface area contributed by atoms with Gasteiger partial charge in [-0.25, -0.2) is 13.8 Å². The standard InChI is InChI=1S/C30H26BrCl2N3O5S/c1-40-28-16-22(14-25(31)29(28)41-19-21-10-13-26(32)27(33)15-21)17-34-35-30(37)23-11-8-20(9-12-23)18-36(42(2,38)39)24-6-4-3-5-7-24/h3-17H,18-19H2,1-2H3,(H,35,37)/b34-17-. The first-order valence-electron chi connectivity index (χ1n) is 12.4. The highest BCUT2D eigenvalue weighted by Crippen LogP contribution is 2.37. The lowest BCUT2D eigenvalue weighted by molar-refractivity contribution is 0.0955. The second-order valence-electron chi connectivity index (χ2n) is 9.07. The number of hydrazone groups is 1. The van der Waals surface area contributed by atoms with E-state index in [-0.39, 0.29) is 13.2 Å². The predicted molar refractivity (Wildman–Crippen MR) is 170 cm³/mol. The Hall–Kier alpha value is -3.57. The van der Waals surface area contributed by atoms with E-state index in [4.69, 9.17) is 32.7 Å². The van der Waals surface area contributed by atoms with E-state index in [0.29, 0.717) is 42.8 Å². The Kier molecular flexibility index (Phi) is 10.5. The van der Waals surface area contributed by atoms with Gasteiger partial charge in [-0.2, -0.15) is 5.10 Å². The number of benzene rings is 4. The molecule has 0 aliphatic heterocycles. The molecule has 4 rings (SSSR count). The van der Waals surface area contributed by atoms with Gasteiger partial charge in [0.05, 0.1) is 46.3 Å². The fourth-order valence-corrected chi connectivity index (χ4v) is 5.67. The molecular weight excluding hydrogens is 665 g/mol. The minimum Gasteiger partial charge on any atom is -0.493 e. The SMILES string of the molecule is COc1cc(/C=N\NC(=O)c2ccc(CN(c3ccccc3)S(C)(=O)=O)cc2)cc(Br)c1OCc1ccc(Cl)c(Cl)c1. The Labute approximate surface area is 263 Å². The van der Waals surface area contributed by atoms with E-state index in [1.54, 1.807) is 72.8 Å². The van der Waals surface area contributed by atoms with Crippen LogP contribution in [0.15, 0.2) is 94.5 Å². The average molecular weight is 691 g/mol. The molecule has 4 aromatic rings. The minimum absolute atomic E-state index is 0.132. The zero-order valence-electron chi connectivity index (χ0n) is 22.6. The highest BCUT2D eigenvalue weighted by Gasteiger charge is 2.18. The molecule has 1 amide bonds. The van der Waals surface area contributed by atoms with Gasteiger partial charge in [-0.3, -0.25) is 9.10 Å².